The molecular weight excluding hydrogens is 240 g/mol. The van der Waals surface area contributed by atoms with Crippen molar-refractivity contribution in [1.82, 2.24) is 9.97 Å². The fourth-order valence-electron chi connectivity index (χ4n) is 1.57. The van der Waals surface area contributed by atoms with Crippen molar-refractivity contribution in [3.05, 3.63) is 41.7 Å². The summed E-state index contributed by atoms with van der Waals surface area (Å²) in [6.45, 7) is 0. The first kappa shape index (κ1) is 10.1. The average Bonchev–Trinajstić information content (AvgIpc) is 2.75. The lowest BCUT2D eigenvalue weighted by atomic mass is 10.2. The van der Waals surface area contributed by atoms with Crippen molar-refractivity contribution in [3.8, 4) is 17.2 Å². The van der Waals surface area contributed by atoms with Crippen LogP contribution in [0.1, 0.15) is 0 Å². The van der Waals surface area contributed by atoms with E-state index < -0.39 is 0 Å². The second-order valence-electron chi connectivity index (χ2n) is 3.52. The number of hydrogen-bond acceptors (Lipinski definition) is 4. The molecule has 0 bridgehead atoms. The molecule has 2 heterocycles. The molecule has 0 unspecified atom stereocenters. The minimum atomic E-state index is 0.0777. The van der Waals surface area contributed by atoms with Crippen LogP contribution in [0.2, 0.25) is 5.02 Å². The second-order valence-corrected chi connectivity index (χ2v) is 3.96. The van der Waals surface area contributed by atoms with Gasteiger partial charge in [-0.1, -0.05) is 11.6 Å². The Labute approximate surface area is 102 Å². The van der Waals surface area contributed by atoms with Gasteiger partial charge in [0.15, 0.2) is 5.58 Å². The van der Waals surface area contributed by atoms with E-state index in [0.29, 0.717) is 27.6 Å². The minimum absolute atomic E-state index is 0.0777. The zero-order valence-corrected chi connectivity index (χ0v) is 9.35. The number of phenolic OH excluding ortho intramolecular Hbond substituents is 1. The molecular formula is C12H7ClN2O2. The monoisotopic (exact) mass is 246 g/mol. The van der Waals surface area contributed by atoms with Gasteiger partial charge in [0.05, 0.1) is 11.8 Å². The highest BCUT2D eigenvalue weighted by molar-refractivity contribution is 6.30. The first-order valence-corrected chi connectivity index (χ1v) is 5.31. The van der Waals surface area contributed by atoms with Gasteiger partial charge < -0.3 is 9.52 Å². The van der Waals surface area contributed by atoms with Crippen LogP contribution in [0, 0.1) is 0 Å². The molecule has 0 saturated carbocycles. The summed E-state index contributed by atoms with van der Waals surface area (Å²) in [5.41, 5.74) is 1.73. The number of rotatable bonds is 1. The number of aromatic hydroxyl groups is 1. The molecule has 0 aliphatic rings. The summed E-state index contributed by atoms with van der Waals surface area (Å²) in [4.78, 5) is 8.19. The predicted molar refractivity (Wildman–Crippen MR) is 63.9 cm³/mol. The normalized spacial score (nSPS) is 10.9. The molecule has 0 fully saturated rings. The van der Waals surface area contributed by atoms with E-state index in [1.54, 1.807) is 30.6 Å². The Bertz CT molecular complexity index is 661. The molecule has 1 aromatic carbocycles. The summed E-state index contributed by atoms with van der Waals surface area (Å²) in [7, 11) is 0. The van der Waals surface area contributed by atoms with Crippen molar-refractivity contribution in [1.29, 1.82) is 0 Å². The summed E-state index contributed by atoms with van der Waals surface area (Å²) < 4.78 is 5.52. The summed E-state index contributed by atoms with van der Waals surface area (Å²) in [5.74, 6) is 0.405. The Morgan fingerprint density at radius 3 is 2.94 bits per heavy atom. The molecule has 3 aromatic rings. The van der Waals surface area contributed by atoms with Gasteiger partial charge in [-0.25, -0.2) is 4.98 Å². The van der Waals surface area contributed by atoms with E-state index in [1.165, 1.54) is 6.07 Å². The van der Waals surface area contributed by atoms with Gasteiger partial charge in [-0.05, 0) is 18.2 Å². The average molecular weight is 247 g/mol. The first-order valence-electron chi connectivity index (χ1n) is 4.93. The van der Waals surface area contributed by atoms with Crippen molar-refractivity contribution in [2.75, 3.05) is 0 Å². The third kappa shape index (κ3) is 1.72. The number of hydrogen-bond donors (Lipinski definition) is 1. The lowest BCUT2D eigenvalue weighted by Gasteiger charge is -1.99. The van der Waals surface area contributed by atoms with Gasteiger partial charge in [-0.15, -0.1) is 0 Å². The second kappa shape index (κ2) is 3.75. The van der Waals surface area contributed by atoms with Crippen LogP contribution in [0.15, 0.2) is 41.1 Å². The Hall–Kier alpha value is -2.07. The SMILES string of the molecule is Oc1ccc(Cl)cc1-c1nc2cnccc2o1. The number of fused-ring (bicyclic) bond motifs is 1. The molecule has 0 atom stereocenters. The van der Waals surface area contributed by atoms with Crippen molar-refractivity contribution < 1.29 is 9.52 Å². The van der Waals surface area contributed by atoms with E-state index >= 15 is 0 Å². The molecule has 4 nitrogen and oxygen atoms in total. The van der Waals surface area contributed by atoms with E-state index in [9.17, 15) is 5.11 Å². The number of aromatic nitrogens is 2. The zero-order chi connectivity index (χ0) is 11.8. The Morgan fingerprint density at radius 1 is 1.24 bits per heavy atom. The van der Waals surface area contributed by atoms with Crippen molar-refractivity contribution in [2.24, 2.45) is 0 Å². The third-order valence-corrected chi connectivity index (χ3v) is 2.61. The molecule has 0 aliphatic carbocycles. The summed E-state index contributed by atoms with van der Waals surface area (Å²) in [6.07, 6.45) is 3.22. The van der Waals surface area contributed by atoms with Crippen LogP contribution in [-0.2, 0) is 0 Å². The molecule has 2 aromatic heterocycles. The van der Waals surface area contributed by atoms with E-state index in [4.69, 9.17) is 16.0 Å². The smallest absolute Gasteiger partial charge is 0.231 e. The maximum atomic E-state index is 9.74. The zero-order valence-electron chi connectivity index (χ0n) is 8.59. The van der Waals surface area contributed by atoms with Crippen molar-refractivity contribution >= 4 is 22.7 Å². The molecule has 0 radical (unpaired) electrons. The van der Waals surface area contributed by atoms with Crippen LogP contribution in [0.4, 0.5) is 0 Å². The number of benzene rings is 1. The van der Waals surface area contributed by atoms with Gasteiger partial charge in [0.1, 0.15) is 11.3 Å². The lowest BCUT2D eigenvalue weighted by Crippen LogP contribution is -1.79. The van der Waals surface area contributed by atoms with Gasteiger partial charge >= 0.3 is 0 Å². The maximum Gasteiger partial charge on any atom is 0.231 e. The molecule has 17 heavy (non-hydrogen) atoms. The standard InChI is InChI=1S/C12H7ClN2O2/c13-7-1-2-10(16)8(5-7)12-15-9-6-14-4-3-11(9)17-12/h1-6,16H. The molecule has 1 N–H and O–H groups in total. The van der Waals surface area contributed by atoms with Crippen LogP contribution < -0.4 is 0 Å². The van der Waals surface area contributed by atoms with Crippen LogP contribution in [0.3, 0.4) is 0 Å². The molecule has 0 aliphatic heterocycles. The van der Waals surface area contributed by atoms with Crippen molar-refractivity contribution in [2.45, 2.75) is 0 Å². The van der Waals surface area contributed by atoms with Gasteiger partial charge in [0, 0.05) is 17.3 Å². The summed E-state index contributed by atoms with van der Waals surface area (Å²) >= 11 is 5.87. The number of nitrogens with zero attached hydrogens (tertiary/aromatic N) is 2. The fourth-order valence-corrected chi connectivity index (χ4v) is 1.75. The van der Waals surface area contributed by atoms with Gasteiger partial charge in [-0.2, -0.15) is 0 Å². The molecule has 0 saturated heterocycles. The highest BCUT2D eigenvalue weighted by atomic mass is 35.5. The van der Waals surface area contributed by atoms with Crippen LogP contribution in [0.5, 0.6) is 5.75 Å². The maximum absolute atomic E-state index is 9.74. The van der Waals surface area contributed by atoms with E-state index in [1.807, 2.05) is 0 Å². The Kier molecular flexibility index (Phi) is 2.23. The van der Waals surface area contributed by atoms with Gasteiger partial charge in [0.25, 0.3) is 0 Å². The highest BCUT2D eigenvalue weighted by Crippen LogP contribution is 2.32. The van der Waals surface area contributed by atoms with Crippen LogP contribution in [-0.4, -0.2) is 15.1 Å². The van der Waals surface area contributed by atoms with Crippen LogP contribution in [0.25, 0.3) is 22.6 Å². The highest BCUT2D eigenvalue weighted by Gasteiger charge is 2.12. The van der Waals surface area contributed by atoms with E-state index in [0.717, 1.165) is 0 Å². The Balaban J connectivity index is 2.23. The third-order valence-electron chi connectivity index (χ3n) is 2.38. The first-order chi connectivity index (χ1) is 8.24. The number of phenols is 1. The topological polar surface area (TPSA) is 59.2 Å². The van der Waals surface area contributed by atoms with Gasteiger partial charge in [0.2, 0.25) is 5.89 Å². The molecule has 84 valence electrons. The van der Waals surface area contributed by atoms with Gasteiger partial charge in [-0.3, -0.25) is 4.98 Å². The predicted octanol–water partition coefficient (Wildman–Crippen LogP) is 3.25. The van der Waals surface area contributed by atoms with E-state index in [-0.39, 0.29) is 5.75 Å². The molecule has 3 rings (SSSR count). The summed E-state index contributed by atoms with van der Waals surface area (Å²) in [5, 5.41) is 10.3. The molecule has 5 heteroatoms. The number of pyridine rings is 1. The molecule has 0 spiro atoms. The lowest BCUT2D eigenvalue weighted by molar-refractivity contribution is 0.474. The Morgan fingerprint density at radius 2 is 2.12 bits per heavy atom. The summed E-state index contributed by atoms with van der Waals surface area (Å²) in [6, 6.07) is 6.43. The number of oxazole rings is 1. The quantitative estimate of drug-likeness (QED) is 0.716. The fraction of sp³-hybridized carbons (Fsp3) is 0. The molecule has 0 amide bonds. The number of halogens is 1. The minimum Gasteiger partial charge on any atom is -0.507 e. The van der Waals surface area contributed by atoms with Crippen molar-refractivity contribution in [3.63, 3.8) is 0 Å². The van der Waals surface area contributed by atoms with Crippen LogP contribution >= 0.6 is 11.6 Å². The van der Waals surface area contributed by atoms with E-state index in [2.05, 4.69) is 9.97 Å². The largest absolute Gasteiger partial charge is 0.507 e.